The van der Waals surface area contributed by atoms with Crippen molar-refractivity contribution in [3.8, 4) is 5.75 Å². The number of nitrogens with one attached hydrogen (secondary N) is 2. The predicted octanol–water partition coefficient (Wildman–Crippen LogP) is 1.99. The zero-order chi connectivity index (χ0) is 14.1. The van der Waals surface area contributed by atoms with Gasteiger partial charge in [-0.3, -0.25) is 5.43 Å². The summed E-state index contributed by atoms with van der Waals surface area (Å²) in [6.07, 6.45) is 2.37. The number of hydrazone groups is 1. The quantitative estimate of drug-likeness (QED) is 0.318. The van der Waals surface area contributed by atoms with Crippen LogP contribution in [0.3, 0.4) is 0 Å². The lowest BCUT2D eigenvalue weighted by Crippen LogP contribution is -2.33. The Labute approximate surface area is 126 Å². The summed E-state index contributed by atoms with van der Waals surface area (Å²) in [6.45, 7) is 1.40. The number of hydrogen-bond donors (Lipinski definition) is 3. The van der Waals surface area contributed by atoms with Crippen molar-refractivity contribution in [1.82, 2.24) is 10.7 Å². The van der Waals surface area contributed by atoms with Gasteiger partial charge in [0.25, 0.3) is 0 Å². The van der Waals surface area contributed by atoms with E-state index in [1.165, 1.54) is 6.21 Å². The highest BCUT2D eigenvalue weighted by atomic mass is 79.9. The Morgan fingerprint density at radius 3 is 3.11 bits per heavy atom. The van der Waals surface area contributed by atoms with Crippen LogP contribution < -0.4 is 10.7 Å². The second-order valence-corrected chi connectivity index (χ2v) is 5.00. The van der Waals surface area contributed by atoms with Crippen molar-refractivity contribution >= 4 is 39.5 Å². The number of rotatable bonds is 6. The van der Waals surface area contributed by atoms with Gasteiger partial charge in [-0.1, -0.05) is 15.9 Å². The fourth-order valence-corrected chi connectivity index (χ4v) is 1.78. The van der Waals surface area contributed by atoms with Gasteiger partial charge in [-0.2, -0.15) is 5.10 Å². The van der Waals surface area contributed by atoms with Gasteiger partial charge in [0.1, 0.15) is 5.75 Å². The van der Waals surface area contributed by atoms with Gasteiger partial charge in [-0.05, 0) is 36.8 Å². The Morgan fingerprint density at radius 1 is 1.58 bits per heavy atom. The molecule has 0 fully saturated rings. The first-order valence-electron chi connectivity index (χ1n) is 5.68. The molecular formula is C12H16BrN3O2S. The van der Waals surface area contributed by atoms with E-state index in [0.717, 1.165) is 17.4 Å². The molecule has 3 N–H and O–H groups in total. The summed E-state index contributed by atoms with van der Waals surface area (Å²) in [5.41, 5.74) is 3.28. The molecule has 0 aliphatic rings. The van der Waals surface area contributed by atoms with Gasteiger partial charge in [0, 0.05) is 30.3 Å². The van der Waals surface area contributed by atoms with Crippen LogP contribution >= 0.6 is 28.1 Å². The van der Waals surface area contributed by atoms with Crippen molar-refractivity contribution < 1.29 is 9.84 Å². The van der Waals surface area contributed by atoms with Crippen LogP contribution in [0.4, 0.5) is 0 Å². The number of halogens is 1. The Morgan fingerprint density at radius 2 is 2.37 bits per heavy atom. The fourth-order valence-electron chi connectivity index (χ4n) is 1.25. The van der Waals surface area contributed by atoms with E-state index in [2.05, 4.69) is 31.8 Å². The van der Waals surface area contributed by atoms with Gasteiger partial charge in [-0.25, -0.2) is 0 Å². The van der Waals surface area contributed by atoms with Crippen LogP contribution in [0, 0.1) is 0 Å². The standard InChI is InChI=1S/C12H16BrN3O2S/c1-18-6-2-5-14-12(19)16-15-8-9-7-10(13)3-4-11(9)17/h3-4,7-8,17H,2,5-6H2,1H3,(H2,14,16,19)/b15-8-. The van der Waals surface area contributed by atoms with Crippen LogP contribution in [-0.2, 0) is 4.74 Å². The van der Waals surface area contributed by atoms with Crippen LogP contribution in [0.15, 0.2) is 27.8 Å². The number of thiocarbonyl (C=S) groups is 1. The molecule has 0 aliphatic heterocycles. The summed E-state index contributed by atoms with van der Waals surface area (Å²) < 4.78 is 5.79. The molecule has 1 rings (SSSR count). The van der Waals surface area contributed by atoms with E-state index in [9.17, 15) is 5.11 Å². The molecule has 0 saturated carbocycles. The first-order chi connectivity index (χ1) is 9.13. The van der Waals surface area contributed by atoms with Crippen LogP contribution in [0.2, 0.25) is 0 Å². The summed E-state index contributed by atoms with van der Waals surface area (Å²) in [5, 5.41) is 17.0. The molecule has 0 atom stereocenters. The van der Waals surface area contributed by atoms with E-state index in [1.807, 2.05) is 0 Å². The van der Waals surface area contributed by atoms with Crippen LogP contribution in [0.5, 0.6) is 5.75 Å². The van der Waals surface area contributed by atoms with Gasteiger partial charge in [0.2, 0.25) is 0 Å². The lowest BCUT2D eigenvalue weighted by molar-refractivity contribution is 0.195. The molecule has 0 amide bonds. The molecule has 19 heavy (non-hydrogen) atoms. The third-order valence-corrected chi connectivity index (χ3v) is 2.90. The van der Waals surface area contributed by atoms with Crippen molar-refractivity contribution in [1.29, 1.82) is 0 Å². The maximum absolute atomic E-state index is 9.60. The second-order valence-electron chi connectivity index (χ2n) is 3.68. The Hall–Kier alpha value is -1.18. The summed E-state index contributed by atoms with van der Waals surface area (Å²) in [4.78, 5) is 0. The summed E-state index contributed by atoms with van der Waals surface area (Å²) in [6, 6.07) is 5.10. The fraction of sp³-hybridized carbons (Fsp3) is 0.333. The molecular weight excluding hydrogens is 330 g/mol. The normalized spacial score (nSPS) is 10.6. The average Bonchev–Trinajstić information content (AvgIpc) is 2.39. The molecule has 0 radical (unpaired) electrons. The van der Waals surface area contributed by atoms with E-state index in [-0.39, 0.29) is 5.75 Å². The van der Waals surface area contributed by atoms with Gasteiger partial charge < -0.3 is 15.2 Å². The minimum absolute atomic E-state index is 0.160. The molecule has 5 nitrogen and oxygen atoms in total. The van der Waals surface area contributed by atoms with Gasteiger partial charge >= 0.3 is 0 Å². The Balaban J connectivity index is 2.36. The number of benzene rings is 1. The van der Waals surface area contributed by atoms with Crippen molar-refractivity contribution in [2.75, 3.05) is 20.3 Å². The molecule has 1 aromatic carbocycles. The van der Waals surface area contributed by atoms with Crippen molar-refractivity contribution in [3.05, 3.63) is 28.2 Å². The molecule has 0 saturated heterocycles. The van der Waals surface area contributed by atoms with Gasteiger partial charge in [-0.15, -0.1) is 0 Å². The number of nitrogens with zero attached hydrogens (tertiary/aromatic N) is 1. The summed E-state index contributed by atoms with van der Waals surface area (Å²) >= 11 is 8.35. The Bertz CT molecular complexity index is 455. The van der Waals surface area contributed by atoms with E-state index >= 15 is 0 Å². The first-order valence-corrected chi connectivity index (χ1v) is 6.88. The molecule has 104 valence electrons. The van der Waals surface area contributed by atoms with E-state index in [0.29, 0.717) is 17.3 Å². The number of ether oxygens (including phenoxy) is 1. The monoisotopic (exact) mass is 345 g/mol. The third kappa shape index (κ3) is 6.51. The minimum atomic E-state index is 0.160. The smallest absolute Gasteiger partial charge is 0.186 e. The highest BCUT2D eigenvalue weighted by molar-refractivity contribution is 9.10. The van der Waals surface area contributed by atoms with Crippen LogP contribution in [-0.4, -0.2) is 36.7 Å². The minimum Gasteiger partial charge on any atom is -0.507 e. The zero-order valence-corrected chi connectivity index (χ0v) is 12.9. The number of methoxy groups -OCH3 is 1. The highest BCUT2D eigenvalue weighted by Crippen LogP contribution is 2.19. The first kappa shape index (κ1) is 15.9. The summed E-state index contributed by atoms with van der Waals surface area (Å²) in [7, 11) is 1.66. The van der Waals surface area contributed by atoms with Gasteiger partial charge in [0.15, 0.2) is 5.11 Å². The SMILES string of the molecule is COCCCNC(=S)N/N=C\c1cc(Br)ccc1O. The molecule has 0 aliphatic carbocycles. The van der Waals surface area contributed by atoms with Crippen molar-refractivity contribution in [2.45, 2.75) is 6.42 Å². The number of phenols is 1. The average molecular weight is 346 g/mol. The molecule has 1 aromatic rings. The summed E-state index contributed by atoms with van der Waals surface area (Å²) in [5.74, 6) is 0.160. The topological polar surface area (TPSA) is 65.9 Å². The molecule has 7 heteroatoms. The lowest BCUT2D eigenvalue weighted by Gasteiger charge is -2.06. The maximum atomic E-state index is 9.60. The molecule has 0 unspecified atom stereocenters. The predicted molar refractivity (Wildman–Crippen MR) is 83.6 cm³/mol. The largest absolute Gasteiger partial charge is 0.507 e. The van der Waals surface area contributed by atoms with E-state index in [1.54, 1.807) is 25.3 Å². The molecule has 0 aromatic heterocycles. The van der Waals surface area contributed by atoms with E-state index < -0.39 is 0 Å². The molecule has 0 spiro atoms. The number of phenolic OH excluding ortho intramolecular Hbond substituents is 1. The third-order valence-electron chi connectivity index (χ3n) is 2.17. The molecule has 0 bridgehead atoms. The lowest BCUT2D eigenvalue weighted by atomic mass is 10.2. The van der Waals surface area contributed by atoms with Crippen molar-refractivity contribution in [2.24, 2.45) is 5.10 Å². The number of aromatic hydroxyl groups is 1. The van der Waals surface area contributed by atoms with Crippen molar-refractivity contribution in [3.63, 3.8) is 0 Å². The Kier molecular flexibility index (Phi) is 7.39. The second kappa shape index (κ2) is 8.84. The van der Waals surface area contributed by atoms with Crippen LogP contribution in [0.25, 0.3) is 0 Å². The number of hydrogen-bond acceptors (Lipinski definition) is 4. The molecule has 0 heterocycles. The zero-order valence-electron chi connectivity index (χ0n) is 10.5. The van der Waals surface area contributed by atoms with Gasteiger partial charge in [0.05, 0.1) is 6.21 Å². The maximum Gasteiger partial charge on any atom is 0.186 e. The van der Waals surface area contributed by atoms with Crippen LogP contribution in [0.1, 0.15) is 12.0 Å². The van der Waals surface area contributed by atoms with E-state index in [4.69, 9.17) is 17.0 Å². The highest BCUT2D eigenvalue weighted by Gasteiger charge is 1.98.